The summed E-state index contributed by atoms with van der Waals surface area (Å²) in [6, 6.07) is 9.59. The van der Waals surface area contributed by atoms with E-state index in [1.54, 1.807) is 36.1 Å². The van der Waals surface area contributed by atoms with Crippen LogP contribution in [0.1, 0.15) is 58.2 Å². The first-order valence-corrected chi connectivity index (χ1v) is 10.7. The molecule has 2 aromatic carbocycles. The SMILES string of the molecule is C[C@@H]1c2cc3c(cc2CCN1C(=O)[C@@H](C)N1C(=O)c2ccccc2C1=O)OCCCO3. The summed E-state index contributed by atoms with van der Waals surface area (Å²) in [4.78, 5) is 41.9. The van der Waals surface area contributed by atoms with Crippen LogP contribution < -0.4 is 9.47 Å². The molecular weight excluding hydrogens is 396 g/mol. The van der Waals surface area contributed by atoms with Crippen LogP contribution in [0.25, 0.3) is 0 Å². The zero-order valence-corrected chi connectivity index (χ0v) is 17.6. The molecule has 0 saturated heterocycles. The Morgan fingerprint density at radius 2 is 1.65 bits per heavy atom. The van der Waals surface area contributed by atoms with Gasteiger partial charge in [0.2, 0.25) is 5.91 Å². The number of fused-ring (bicyclic) bond motifs is 3. The van der Waals surface area contributed by atoms with E-state index in [1.165, 1.54) is 0 Å². The van der Waals surface area contributed by atoms with Gasteiger partial charge < -0.3 is 14.4 Å². The van der Waals surface area contributed by atoms with Crippen molar-refractivity contribution < 1.29 is 23.9 Å². The third-order valence-electron chi connectivity index (χ3n) is 6.40. The number of amides is 3. The maximum absolute atomic E-state index is 13.4. The van der Waals surface area contributed by atoms with Crippen LogP contribution in [0.5, 0.6) is 11.5 Å². The van der Waals surface area contributed by atoms with Crippen molar-refractivity contribution in [1.29, 1.82) is 0 Å². The number of nitrogens with zero attached hydrogens (tertiary/aromatic N) is 2. The van der Waals surface area contributed by atoms with Crippen molar-refractivity contribution in [2.45, 2.75) is 38.8 Å². The van der Waals surface area contributed by atoms with Crippen molar-refractivity contribution in [2.24, 2.45) is 0 Å². The molecule has 0 N–H and O–H groups in total. The molecule has 3 aliphatic rings. The summed E-state index contributed by atoms with van der Waals surface area (Å²) in [6.07, 6.45) is 1.51. The van der Waals surface area contributed by atoms with Crippen LogP contribution in [0.4, 0.5) is 0 Å². The van der Waals surface area contributed by atoms with E-state index in [0.717, 1.165) is 28.2 Å². The fourth-order valence-electron chi connectivity index (χ4n) is 4.69. The van der Waals surface area contributed by atoms with Gasteiger partial charge in [-0.3, -0.25) is 19.3 Å². The monoisotopic (exact) mass is 420 g/mol. The maximum atomic E-state index is 13.4. The molecule has 7 heteroatoms. The second-order valence-electron chi connectivity index (χ2n) is 8.21. The molecule has 0 unspecified atom stereocenters. The van der Waals surface area contributed by atoms with E-state index in [9.17, 15) is 14.4 Å². The van der Waals surface area contributed by atoms with Crippen LogP contribution in [0.2, 0.25) is 0 Å². The van der Waals surface area contributed by atoms with Crippen molar-refractivity contribution >= 4 is 17.7 Å². The van der Waals surface area contributed by atoms with Gasteiger partial charge in [0.1, 0.15) is 6.04 Å². The van der Waals surface area contributed by atoms with Gasteiger partial charge in [-0.1, -0.05) is 12.1 Å². The molecule has 3 aliphatic heterocycles. The standard InChI is InChI=1S/C24H24N2O5/c1-14-19-13-21-20(30-10-5-11-31-21)12-16(19)8-9-25(14)22(27)15(2)26-23(28)17-6-3-4-7-18(17)24(26)29/h3-4,6-7,12-15H,5,8-11H2,1-2H3/t14-,15-/m1/s1. The van der Waals surface area contributed by atoms with E-state index in [4.69, 9.17) is 9.47 Å². The molecule has 2 atom stereocenters. The first-order chi connectivity index (χ1) is 15.0. The largest absolute Gasteiger partial charge is 0.490 e. The molecule has 3 amide bonds. The molecule has 160 valence electrons. The molecule has 0 radical (unpaired) electrons. The summed E-state index contributed by atoms with van der Waals surface area (Å²) >= 11 is 0. The number of carbonyl (C=O) groups is 3. The van der Waals surface area contributed by atoms with E-state index >= 15 is 0 Å². The van der Waals surface area contributed by atoms with E-state index in [2.05, 4.69) is 0 Å². The zero-order valence-electron chi connectivity index (χ0n) is 17.6. The minimum absolute atomic E-state index is 0.203. The van der Waals surface area contributed by atoms with E-state index in [0.29, 0.717) is 43.1 Å². The molecule has 2 aromatic rings. The van der Waals surface area contributed by atoms with Gasteiger partial charge in [-0.2, -0.15) is 0 Å². The molecule has 0 bridgehead atoms. The molecule has 0 spiro atoms. The Kier molecular flexibility index (Phi) is 4.68. The number of carbonyl (C=O) groups excluding carboxylic acids is 3. The van der Waals surface area contributed by atoms with Crippen LogP contribution in [-0.2, 0) is 11.2 Å². The van der Waals surface area contributed by atoms with Crippen molar-refractivity contribution in [2.75, 3.05) is 19.8 Å². The summed E-state index contributed by atoms with van der Waals surface area (Å²) in [5, 5.41) is 0. The minimum atomic E-state index is -0.878. The summed E-state index contributed by atoms with van der Waals surface area (Å²) in [6.45, 7) is 5.33. The van der Waals surface area contributed by atoms with E-state index in [-0.39, 0.29) is 11.9 Å². The van der Waals surface area contributed by atoms with Crippen molar-refractivity contribution in [3.05, 3.63) is 58.7 Å². The smallest absolute Gasteiger partial charge is 0.262 e. The molecule has 3 heterocycles. The predicted molar refractivity (Wildman–Crippen MR) is 112 cm³/mol. The average molecular weight is 420 g/mol. The third kappa shape index (κ3) is 3.07. The lowest BCUT2D eigenvalue weighted by atomic mass is 9.92. The van der Waals surface area contributed by atoms with Gasteiger partial charge in [-0.15, -0.1) is 0 Å². The summed E-state index contributed by atoms with van der Waals surface area (Å²) < 4.78 is 11.6. The lowest BCUT2D eigenvalue weighted by Crippen LogP contribution is -2.51. The second kappa shape index (κ2) is 7.41. The summed E-state index contributed by atoms with van der Waals surface area (Å²) in [5.41, 5.74) is 2.85. The highest BCUT2D eigenvalue weighted by atomic mass is 16.5. The number of hydrogen-bond acceptors (Lipinski definition) is 5. The van der Waals surface area contributed by atoms with Crippen LogP contribution in [0.3, 0.4) is 0 Å². The molecule has 7 nitrogen and oxygen atoms in total. The molecule has 0 aliphatic carbocycles. The van der Waals surface area contributed by atoms with E-state index in [1.807, 2.05) is 19.1 Å². The van der Waals surface area contributed by atoms with Gasteiger partial charge in [0.15, 0.2) is 11.5 Å². The summed E-state index contributed by atoms with van der Waals surface area (Å²) in [5.74, 6) is 0.387. The Bertz CT molecular complexity index is 1060. The van der Waals surface area contributed by atoms with Crippen molar-refractivity contribution in [3.8, 4) is 11.5 Å². The number of rotatable bonds is 2. The third-order valence-corrected chi connectivity index (χ3v) is 6.40. The Hall–Kier alpha value is -3.35. The molecule has 0 saturated carbocycles. The zero-order chi connectivity index (χ0) is 21.7. The van der Waals surface area contributed by atoms with Gasteiger partial charge in [-0.25, -0.2) is 0 Å². The highest BCUT2D eigenvalue weighted by Gasteiger charge is 2.43. The molecule has 5 rings (SSSR count). The molecular formula is C24H24N2O5. The maximum Gasteiger partial charge on any atom is 0.262 e. The number of imide groups is 1. The highest BCUT2D eigenvalue weighted by Crippen LogP contribution is 2.39. The number of hydrogen-bond donors (Lipinski definition) is 0. The average Bonchev–Trinajstić information content (AvgIpc) is 2.92. The van der Waals surface area contributed by atoms with E-state index < -0.39 is 17.9 Å². The Morgan fingerprint density at radius 3 is 2.29 bits per heavy atom. The van der Waals surface area contributed by atoms with Crippen LogP contribution in [0.15, 0.2) is 36.4 Å². The Labute approximate surface area is 180 Å². The van der Waals surface area contributed by atoms with Gasteiger partial charge >= 0.3 is 0 Å². The summed E-state index contributed by atoms with van der Waals surface area (Å²) in [7, 11) is 0. The molecule has 0 fully saturated rings. The quantitative estimate of drug-likeness (QED) is 0.699. The van der Waals surface area contributed by atoms with Crippen LogP contribution in [0, 0.1) is 0 Å². The Morgan fingerprint density at radius 1 is 1.03 bits per heavy atom. The lowest BCUT2D eigenvalue weighted by molar-refractivity contribution is -0.137. The Balaban J connectivity index is 1.40. The van der Waals surface area contributed by atoms with Crippen molar-refractivity contribution in [3.63, 3.8) is 0 Å². The lowest BCUT2D eigenvalue weighted by Gasteiger charge is -2.38. The van der Waals surface area contributed by atoms with Gasteiger partial charge in [-0.05, 0) is 55.7 Å². The van der Waals surface area contributed by atoms with Gasteiger partial charge in [0.05, 0.1) is 30.4 Å². The van der Waals surface area contributed by atoms with Crippen LogP contribution in [-0.4, -0.2) is 53.3 Å². The van der Waals surface area contributed by atoms with Gasteiger partial charge in [0.25, 0.3) is 11.8 Å². The minimum Gasteiger partial charge on any atom is -0.490 e. The fourth-order valence-corrected chi connectivity index (χ4v) is 4.69. The fraction of sp³-hybridized carbons (Fsp3) is 0.375. The predicted octanol–water partition coefficient (Wildman–Crippen LogP) is 2.98. The first-order valence-electron chi connectivity index (χ1n) is 10.7. The molecule has 31 heavy (non-hydrogen) atoms. The molecule has 0 aromatic heterocycles. The van der Waals surface area contributed by atoms with Gasteiger partial charge in [0, 0.05) is 13.0 Å². The van der Waals surface area contributed by atoms with Crippen molar-refractivity contribution in [1.82, 2.24) is 9.80 Å². The normalized spacial score (nSPS) is 20.8. The second-order valence-corrected chi connectivity index (χ2v) is 8.21. The topological polar surface area (TPSA) is 76.2 Å². The first kappa shape index (κ1) is 19.6. The number of benzene rings is 2. The highest BCUT2D eigenvalue weighted by molar-refractivity contribution is 6.22. The number of ether oxygens (including phenoxy) is 2. The van der Waals surface area contributed by atoms with Crippen LogP contribution >= 0.6 is 0 Å².